The number of nitrogens with zero attached hydrogens (tertiary/aromatic N) is 3. The number of hydrazone groups is 1. The lowest BCUT2D eigenvalue weighted by Crippen LogP contribution is -2.29. The number of pyridine rings is 1. The van der Waals surface area contributed by atoms with Gasteiger partial charge in [-0.25, -0.2) is 15.9 Å². The third-order valence-corrected chi connectivity index (χ3v) is 3.60. The van der Waals surface area contributed by atoms with Gasteiger partial charge in [-0.05, 0) is 42.0 Å². The van der Waals surface area contributed by atoms with Crippen molar-refractivity contribution in [1.82, 2.24) is 10.1 Å². The van der Waals surface area contributed by atoms with Crippen molar-refractivity contribution in [1.29, 1.82) is 0 Å². The van der Waals surface area contributed by atoms with Crippen LogP contribution in [0.25, 0.3) is 0 Å². The van der Waals surface area contributed by atoms with Crippen molar-refractivity contribution < 1.29 is 4.74 Å². The van der Waals surface area contributed by atoms with Crippen molar-refractivity contribution in [2.75, 3.05) is 5.73 Å². The lowest BCUT2D eigenvalue weighted by Gasteiger charge is -2.14. The predicted octanol–water partition coefficient (Wildman–Crippen LogP) is 2.45. The van der Waals surface area contributed by atoms with Gasteiger partial charge in [0.05, 0.1) is 12.1 Å². The molecule has 0 spiro atoms. The largest absolute Gasteiger partial charge is 0.457 e. The highest BCUT2D eigenvalue weighted by Gasteiger charge is 2.06. The highest BCUT2D eigenvalue weighted by molar-refractivity contribution is 6.00. The molecule has 0 radical (unpaired) electrons. The van der Waals surface area contributed by atoms with E-state index in [2.05, 4.69) is 10.1 Å². The molecule has 1 aromatic heterocycles. The number of para-hydroxylation sites is 1. The Labute approximate surface area is 151 Å². The first-order chi connectivity index (χ1) is 12.6. The lowest BCUT2D eigenvalue weighted by atomic mass is 10.2. The Bertz CT molecular complexity index is 880. The van der Waals surface area contributed by atoms with Crippen LogP contribution in [0.1, 0.15) is 11.1 Å². The Kier molecular flexibility index (Phi) is 5.31. The summed E-state index contributed by atoms with van der Waals surface area (Å²) in [7, 11) is 0. The number of amidine groups is 1. The zero-order chi connectivity index (χ0) is 18.4. The van der Waals surface area contributed by atoms with Gasteiger partial charge in [0, 0.05) is 6.20 Å². The van der Waals surface area contributed by atoms with Gasteiger partial charge in [0.2, 0.25) is 0 Å². The summed E-state index contributed by atoms with van der Waals surface area (Å²) in [5, 5.41) is 5.41. The smallest absolute Gasteiger partial charge is 0.156 e. The van der Waals surface area contributed by atoms with Crippen LogP contribution < -0.4 is 22.0 Å². The maximum Gasteiger partial charge on any atom is 0.156 e. The van der Waals surface area contributed by atoms with Gasteiger partial charge in [-0.2, -0.15) is 0 Å². The van der Waals surface area contributed by atoms with Crippen LogP contribution in [-0.2, 0) is 6.54 Å². The predicted molar refractivity (Wildman–Crippen MR) is 102 cm³/mol. The molecule has 0 bridgehead atoms. The van der Waals surface area contributed by atoms with E-state index in [0.29, 0.717) is 17.9 Å². The Balaban J connectivity index is 1.63. The number of aromatic nitrogens is 1. The average molecular weight is 348 g/mol. The van der Waals surface area contributed by atoms with E-state index < -0.39 is 0 Å². The van der Waals surface area contributed by atoms with Gasteiger partial charge in [0.1, 0.15) is 17.3 Å². The third kappa shape index (κ3) is 4.49. The number of hydrazine groups is 1. The van der Waals surface area contributed by atoms with E-state index in [-0.39, 0.29) is 5.84 Å². The molecule has 0 unspecified atom stereocenters. The maximum absolute atomic E-state index is 5.95. The molecule has 0 amide bonds. The number of rotatable bonds is 6. The summed E-state index contributed by atoms with van der Waals surface area (Å²) in [4.78, 5) is 3.98. The second kappa shape index (κ2) is 8.00. The summed E-state index contributed by atoms with van der Waals surface area (Å²) < 4.78 is 5.76. The van der Waals surface area contributed by atoms with Crippen molar-refractivity contribution in [3.05, 3.63) is 84.1 Å². The molecule has 0 aliphatic heterocycles. The summed E-state index contributed by atoms with van der Waals surface area (Å²) >= 11 is 0. The first-order valence-corrected chi connectivity index (χ1v) is 8.01. The molecule has 132 valence electrons. The minimum Gasteiger partial charge on any atom is -0.457 e. The maximum atomic E-state index is 5.95. The average Bonchev–Trinajstić information content (AvgIpc) is 2.64. The van der Waals surface area contributed by atoms with E-state index in [1.54, 1.807) is 18.3 Å². The summed E-state index contributed by atoms with van der Waals surface area (Å²) in [6, 6.07) is 20.7. The molecule has 0 aliphatic rings. The zero-order valence-electron chi connectivity index (χ0n) is 14.1. The van der Waals surface area contributed by atoms with E-state index in [0.717, 1.165) is 17.1 Å². The van der Waals surface area contributed by atoms with E-state index in [1.807, 2.05) is 54.6 Å². The monoisotopic (exact) mass is 348 g/mol. The lowest BCUT2D eigenvalue weighted by molar-refractivity contribution is 0.290. The number of benzene rings is 2. The number of nitrogen functional groups attached to an aromatic ring is 1. The van der Waals surface area contributed by atoms with E-state index in [9.17, 15) is 0 Å². The highest BCUT2D eigenvalue weighted by Crippen LogP contribution is 2.21. The number of ether oxygens (including phenoxy) is 1. The molecular weight excluding hydrogens is 328 g/mol. The number of nitrogens with two attached hydrogens (primary N) is 3. The van der Waals surface area contributed by atoms with E-state index >= 15 is 0 Å². The number of hydrogen-bond donors (Lipinski definition) is 3. The summed E-state index contributed by atoms with van der Waals surface area (Å²) in [6.07, 6.45) is 1.59. The summed E-state index contributed by atoms with van der Waals surface area (Å²) in [6.45, 7) is 0.381. The van der Waals surface area contributed by atoms with Gasteiger partial charge < -0.3 is 16.2 Å². The van der Waals surface area contributed by atoms with Gasteiger partial charge in [-0.1, -0.05) is 30.3 Å². The van der Waals surface area contributed by atoms with Gasteiger partial charge in [0.25, 0.3) is 0 Å². The quantitative estimate of drug-likeness (QED) is 0.273. The van der Waals surface area contributed by atoms with Crippen molar-refractivity contribution in [3.63, 3.8) is 0 Å². The first kappa shape index (κ1) is 17.2. The van der Waals surface area contributed by atoms with E-state index in [1.165, 1.54) is 5.12 Å². The molecule has 2 aromatic carbocycles. The normalized spacial score (nSPS) is 11.2. The fourth-order valence-electron chi connectivity index (χ4n) is 2.34. The van der Waals surface area contributed by atoms with E-state index in [4.69, 9.17) is 22.0 Å². The third-order valence-electron chi connectivity index (χ3n) is 3.60. The molecule has 0 aliphatic carbocycles. The standard InChI is InChI=1S/C19H20N6O/c20-18-17(7-4-12-23-18)19(21)24-25(22)13-14-8-10-16(11-9-14)26-15-5-2-1-3-6-15/h1-12H,13,22H2,(H2,20,23)(H2,21,24). The van der Waals surface area contributed by atoms with Crippen LogP contribution in [0.4, 0.5) is 5.82 Å². The molecule has 1 heterocycles. The van der Waals surface area contributed by atoms with Gasteiger partial charge in [-0.15, -0.1) is 5.10 Å². The molecule has 0 fully saturated rings. The molecule has 0 saturated heterocycles. The Hall–Kier alpha value is -3.58. The molecule has 7 heteroatoms. The Morgan fingerprint density at radius 1 is 0.962 bits per heavy atom. The van der Waals surface area contributed by atoms with Crippen molar-refractivity contribution >= 4 is 11.7 Å². The first-order valence-electron chi connectivity index (χ1n) is 8.01. The zero-order valence-corrected chi connectivity index (χ0v) is 14.1. The van der Waals surface area contributed by atoms with Crippen LogP contribution in [0.2, 0.25) is 0 Å². The minimum atomic E-state index is 0.210. The molecular formula is C19H20N6O. The Morgan fingerprint density at radius 3 is 2.35 bits per heavy atom. The van der Waals surface area contributed by atoms with Crippen molar-refractivity contribution in [2.45, 2.75) is 6.54 Å². The van der Waals surface area contributed by atoms with Gasteiger partial charge in [-0.3, -0.25) is 0 Å². The van der Waals surface area contributed by atoms with Crippen molar-refractivity contribution in [3.8, 4) is 11.5 Å². The number of hydrogen-bond acceptors (Lipinski definition) is 6. The van der Waals surface area contributed by atoms with Gasteiger partial charge in [0.15, 0.2) is 5.84 Å². The van der Waals surface area contributed by atoms with Crippen LogP contribution in [0.5, 0.6) is 11.5 Å². The van der Waals surface area contributed by atoms with Crippen LogP contribution in [0, 0.1) is 0 Å². The molecule has 7 nitrogen and oxygen atoms in total. The molecule has 26 heavy (non-hydrogen) atoms. The molecule has 3 rings (SSSR count). The topological polar surface area (TPSA) is 116 Å². The second-order valence-electron chi connectivity index (χ2n) is 5.58. The highest BCUT2D eigenvalue weighted by atomic mass is 16.5. The van der Waals surface area contributed by atoms with Gasteiger partial charge >= 0.3 is 0 Å². The van der Waals surface area contributed by atoms with Crippen molar-refractivity contribution in [2.24, 2.45) is 16.7 Å². The fraction of sp³-hybridized carbons (Fsp3) is 0.0526. The Morgan fingerprint density at radius 2 is 1.65 bits per heavy atom. The second-order valence-corrected chi connectivity index (χ2v) is 5.58. The van der Waals surface area contributed by atoms with Crippen LogP contribution in [-0.4, -0.2) is 15.9 Å². The molecule has 6 N–H and O–H groups in total. The van der Waals surface area contributed by atoms with Crippen LogP contribution >= 0.6 is 0 Å². The molecule has 0 atom stereocenters. The summed E-state index contributed by atoms with van der Waals surface area (Å²) in [5.41, 5.74) is 13.2. The summed E-state index contributed by atoms with van der Waals surface area (Å²) in [5.74, 6) is 7.98. The SMILES string of the molecule is N/C(=N\N(N)Cc1ccc(Oc2ccccc2)cc1)c1cccnc1N. The molecule has 3 aromatic rings. The van der Waals surface area contributed by atoms with Crippen LogP contribution in [0.3, 0.4) is 0 Å². The number of anilines is 1. The fourth-order valence-corrected chi connectivity index (χ4v) is 2.34. The van der Waals surface area contributed by atoms with Crippen LogP contribution in [0.15, 0.2) is 78.0 Å². The molecule has 0 saturated carbocycles. The minimum absolute atomic E-state index is 0.210.